The third-order valence-electron chi connectivity index (χ3n) is 3.88. The third-order valence-corrected chi connectivity index (χ3v) is 3.88. The van der Waals surface area contributed by atoms with Gasteiger partial charge >= 0.3 is 5.97 Å². The summed E-state index contributed by atoms with van der Waals surface area (Å²) in [5.41, 5.74) is 0.718. The molecule has 0 atom stereocenters. The highest BCUT2D eigenvalue weighted by atomic mass is 19.1. The fourth-order valence-corrected chi connectivity index (χ4v) is 2.61. The first-order valence-electron chi connectivity index (χ1n) is 7.82. The molecule has 8 heteroatoms. The van der Waals surface area contributed by atoms with Gasteiger partial charge in [0.25, 0.3) is 5.91 Å². The van der Waals surface area contributed by atoms with Gasteiger partial charge in [-0.2, -0.15) is 0 Å². The maximum Gasteiger partial charge on any atom is 0.338 e. The standard InChI is InChI=1S/C19H16FNO6/c1-24-14-9-13(19(23)26-3)12-8-15(27-16(12)17(14)25-2)18(22)21-11-6-4-10(20)5-7-11/h4-9H,1-3H3,(H,21,22). The number of carbonyl (C=O) groups is 2. The summed E-state index contributed by atoms with van der Waals surface area (Å²) in [5, 5.41) is 2.92. The molecule has 1 amide bonds. The topological polar surface area (TPSA) is 87.0 Å². The molecule has 0 spiro atoms. The number of benzene rings is 2. The molecule has 0 aliphatic carbocycles. The van der Waals surface area contributed by atoms with Crippen molar-refractivity contribution in [3.63, 3.8) is 0 Å². The Morgan fingerprint density at radius 1 is 1.04 bits per heavy atom. The van der Waals surface area contributed by atoms with Crippen molar-refractivity contribution in [3.05, 3.63) is 53.5 Å². The van der Waals surface area contributed by atoms with Crippen molar-refractivity contribution in [2.45, 2.75) is 0 Å². The van der Waals surface area contributed by atoms with Crippen LogP contribution in [0.4, 0.5) is 10.1 Å². The molecule has 0 unspecified atom stereocenters. The number of ether oxygens (including phenoxy) is 3. The van der Waals surface area contributed by atoms with Crippen molar-refractivity contribution in [1.82, 2.24) is 0 Å². The van der Waals surface area contributed by atoms with E-state index in [1.165, 1.54) is 57.7 Å². The van der Waals surface area contributed by atoms with Crippen molar-refractivity contribution in [1.29, 1.82) is 0 Å². The van der Waals surface area contributed by atoms with Crippen LogP contribution in [0.1, 0.15) is 20.9 Å². The first kappa shape index (κ1) is 18.2. The Morgan fingerprint density at radius 2 is 1.74 bits per heavy atom. The van der Waals surface area contributed by atoms with Crippen LogP contribution in [0.2, 0.25) is 0 Å². The van der Waals surface area contributed by atoms with E-state index in [2.05, 4.69) is 5.32 Å². The largest absolute Gasteiger partial charge is 0.493 e. The van der Waals surface area contributed by atoms with Gasteiger partial charge in [-0.3, -0.25) is 4.79 Å². The van der Waals surface area contributed by atoms with E-state index in [0.717, 1.165) is 0 Å². The van der Waals surface area contributed by atoms with Crippen LogP contribution < -0.4 is 14.8 Å². The number of nitrogens with one attached hydrogen (secondary N) is 1. The summed E-state index contributed by atoms with van der Waals surface area (Å²) < 4.78 is 33.9. The SMILES string of the molecule is COC(=O)c1cc(OC)c(OC)c2oc(C(=O)Nc3ccc(F)cc3)cc12. The van der Waals surface area contributed by atoms with E-state index >= 15 is 0 Å². The van der Waals surface area contributed by atoms with Gasteiger partial charge in [0.15, 0.2) is 17.1 Å². The number of hydrogen-bond donors (Lipinski definition) is 1. The van der Waals surface area contributed by atoms with Gasteiger partial charge in [0.1, 0.15) is 5.82 Å². The van der Waals surface area contributed by atoms with Crippen LogP contribution in [0.5, 0.6) is 11.5 Å². The molecule has 0 bridgehead atoms. The Kier molecular flexibility index (Phi) is 4.98. The van der Waals surface area contributed by atoms with E-state index in [9.17, 15) is 14.0 Å². The minimum Gasteiger partial charge on any atom is -0.493 e. The molecule has 0 fully saturated rings. The van der Waals surface area contributed by atoms with Gasteiger partial charge in [0, 0.05) is 11.1 Å². The average molecular weight is 373 g/mol. The van der Waals surface area contributed by atoms with Crippen LogP contribution in [-0.2, 0) is 4.74 Å². The zero-order valence-corrected chi connectivity index (χ0v) is 14.8. The number of amides is 1. The second kappa shape index (κ2) is 7.36. The zero-order valence-electron chi connectivity index (χ0n) is 14.8. The first-order valence-corrected chi connectivity index (χ1v) is 7.82. The van der Waals surface area contributed by atoms with Gasteiger partial charge in [-0.1, -0.05) is 0 Å². The van der Waals surface area contributed by atoms with Crippen LogP contribution in [0.3, 0.4) is 0 Å². The van der Waals surface area contributed by atoms with E-state index in [1.807, 2.05) is 0 Å². The lowest BCUT2D eigenvalue weighted by Gasteiger charge is -2.10. The Bertz CT molecular complexity index is 1010. The summed E-state index contributed by atoms with van der Waals surface area (Å²) in [6.45, 7) is 0. The number of fused-ring (bicyclic) bond motifs is 1. The van der Waals surface area contributed by atoms with Gasteiger partial charge in [-0.15, -0.1) is 0 Å². The summed E-state index contributed by atoms with van der Waals surface area (Å²) in [5.74, 6) is -1.18. The average Bonchev–Trinajstić information content (AvgIpc) is 3.13. The van der Waals surface area contributed by atoms with Crippen molar-refractivity contribution in [3.8, 4) is 11.5 Å². The lowest BCUT2D eigenvalue weighted by molar-refractivity contribution is 0.0602. The van der Waals surface area contributed by atoms with Crippen molar-refractivity contribution >= 4 is 28.5 Å². The molecule has 1 heterocycles. The molecule has 140 valence electrons. The summed E-state index contributed by atoms with van der Waals surface area (Å²) >= 11 is 0. The predicted molar refractivity (Wildman–Crippen MR) is 95.0 cm³/mol. The molecule has 3 aromatic rings. The zero-order chi connectivity index (χ0) is 19.6. The minimum atomic E-state index is -0.618. The summed E-state index contributed by atoms with van der Waals surface area (Å²) in [7, 11) is 4.07. The first-order chi connectivity index (χ1) is 13.0. The molecule has 0 aliphatic heterocycles. The molecule has 0 saturated heterocycles. The highest BCUT2D eigenvalue weighted by Crippen LogP contribution is 2.40. The van der Waals surface area contributed by atoms with Crippen LogP contribution in [-0.4, -0.2) is 33.2 Å². The van der Waals surface area contributed by atoms with Gasteiger partial charge in [-0.25, -0.2) is 9.18 Å². The molecule has 1 aromatic heterocycles. The minimum absolute atomic E-state index is 0.0639. The Morgan fingerprint density at radius 3 is 2.33 bits per heavy atom. The van der Waals surface area contributed by atoms with Crippen molar-refractivity contribution < 1.29 is 32.6 Å². The van der Waals surface area contributed by atoms with Crippen LogP contribution in [0.15, 0.2) is 40.8 Å². The number of esters is 1. The molecule has 0 saturated carbocycles. The Labute approximate surface area is 153 Å². The second-order valence-electron chi connectivity index (χ2n) is 5.47. The van der Waals surface area contributed by atoms with Gasteiger partial charge in [0.05, 0.1) is 26.9 Å². The number of furan rings is 1. The quantitative estimate of drug-likeness (QED) is 0.687. The smallest absolute Gasteiger partial charge is 0.338 e. The summed E-state index contributed by atoms with van der Waals surface area (Å²) in [4.78, 5) is 24.6. The molecular weight excluding hydrogens is 357 g/mol. The molecule has 2 aromatic carbocycles. The highest BCUT2D eigenvalue weighted by molar-refractivity contribution is 6.10. The number of hydrogen-bond acceptors (Lipinski definition) is 6. The number of methoxy groups -OCH3 is 3. The molecule has 0 radical (unpaired) electrons. The Hall–Kier alpha value is -3.55. The third kappa shape index (κ3) is 3.41. The van der Waals surface area contributed by atoms with Crippen LogP contribution >= 0.6 is 0 Å². The molecule has 1 N–H and O–H groups in total. The number of rotatable bonds is 5. The fourth-order valence-electron chi connectivity index (χ4n) is 2.61. The van der Waals surface area contributed by atoms with Crippen molar-refractivity contribution in [2.24, 2.45) is 0 Å². The van der Waals surface area contributed by atoms with Crippen molar-refractivity contribution in [2.75, 3.05) is 26.6 Å². The van der Waals surface area contributed by atoms with Gasteiger partial charge in [0.2, 0.25) is 5.75 Å². The highest BCUT2D eigenvalue weighted by Gasteiger charge is 2.24. The van der Waals surface area contributed by atoms with E-state index in [4.69, 9.17) is 18.6 Å². The summed E-state index contributed by atoms with van der Waals surface area (Å²) in [6.07, 6.45) is 0. The van der Waals surface area contributed by atoms with E-state index in [-0.39, 0.29) is 28.4 Å². The normalized spacial score (nSPS) is 10.5. The van der Waals surface area contributed by atoms with E-state index < -0.39 is 17.7 Å². The van der Waals surface area contributed by atoms with Crippen LogP contribution in [0.25, 0.3) is 11.0 Å². The molecular formula is C19H16FNO6. The maximum atomic E-state index is 13.0. The summed E-state index contributed by atoms with van der Waals surface area (Å²) in [6, 6.07) is 8.13. The molecule has 0 aliphatic rings. The number of carbonyl (C=O) groups excluding carboxylic acids is 2. The monoisotopic (exact) mass is 373 g/mol. The molecule has 3 rings (SSSR count). The fraction of sp³-hybridized carbons (Fsp3) is 0.158. The van der Waals surface area contributed by atoms with E-state index in [1.54, 1.807) is 0 Å². The number of anilines is 1. The maximum absolute atomic E-state index is 13.0. The molecule has 7 nitrogen and oxygen atoms in total. The van der Waals surface area contributed by atoms with E-state index in [0.29, 0.717) is 11.1 Å². The second-order valence-corrected chi connectivity index (χ2v) is 5.47. The predicted octanol–water partition coefficient (Wildman–Crippen LogP) is 3.63. The lowest BCUT2D eigenvalue weighted by Crippen LogP contribution is -2.10. The number of halogens is 1. The van der Waals surface area contributed by atoms with Crippen LogP contribution in [0, 0.1) is 5.82 Å². The lowest BCUT2D eigenvalue weighted by atomic mass is 10.1. The van der Waals surface area contributed by atoms with Gasteiger partial charge in [-0.05, 0) is 36.4 Å². The molecule has 27 heavy (non-hydrogen) atoms. The Balaban J connectivity index is 2.08. The van der Waals surface area contributed by atoms with Gasteiger partial charge < -0.3 is 23.9 Å².